The molecule has 0 fully saturated rings. The maximum Gasteiger partial charge on any atom is 0.326 e. The molecule has 33 heteroatoms. The second-order valence-electron chi connectivity index (χ2n) is 24.9. The van der Waals surface area contributed by atoms with Crippen LogP contribution >= 0.6 is 11.6 Å². The van der Waals surface area contributed by atoms with E-state index in [-0.39, 0.29) is 19.3 Å². The van der Waals surface area contributed by atoms with Crippen molar-refractivity contribution in [3.05, 3.63) is 174 Å². The van der Waals surface area contributed by atoms with E-state index in [1.165, 1.54) is 38.5 Å². The molecule has 0 aliphatic rings. The van der Waals surface area contributed by atoms with E-state index in [0.29, 0.717) is 22.4 Å². The molecular formula is C71H84ClN13O19. The molecule has 1 heterocycles. The number of carbonyl (C=O) groups is 13. The summed E-state index contributed by atoms with van der Waals surface area (Å²) in [6.45, 7) is 2.29. The zero-order valence-electron chi connectivity index (χ0n) is 57.0. The zero-order valence-corrected chi connectivity index (χ0v) is 57.7. The van der Waals surface area contributed by atoms with Gasteiger partial charge in [0.15, 0.2) is 0 Å². The number of alkyl halides is 1. The molecule has 554 valence electrons. The molecule has 0 bridgehead atoms. The van der Waals surface area contributed by atoms with Gasteiger partial charge in [-0.3, -0.25) is 57.5 Å². The van der Waals surface area contributed by atoms with Gasteiger partial charge >= 0.3 is 17.9 Å². The number of nitrogens with two attached hydrogens (primary N) is 1. The van der Waals surface area contributed by atoms with Gasteiger partial charge in [0, 0.05) is 38.3 Å². The highest BCUT2D eigenvalue weighted by molar-refractivity contribution is 6.36. The minimum atomic E-state index is -3.02. The number of aromatic amines is 1. The number of hydrogen-bond acceptors (Lipinski definition) is 18. The quantitative estimate of drug-likeness (QED) is 0.0162. The first-order chi connectivity index (χ1) is 49.3. The van der Waals surface area contributed by atoms with Crippen molar-refractivity contribution in [1.82, 2.24) is 63.1 Å². The highest BCUT2D eigenvalue weighted by Crippen LogP contribution is 2.23. The third-order valence-electron chi connectivity index (χ3n) is 16.3. The van der Waals surface area contributed by atoms with Crippen molar-refractivity contribution < 1.29 is 93.0 Å². The number of carboxylic acid groups (broad SMARTS) is 3. The van der Waals surface area contributed by atoms with E-state index in [4.69, 9.17) is 17.3 Å². The van der Waals surface area contributed by atoms with Crippen molar-refractivity contribution in [3.8, 4) is 22.3 Å². The molecule has 0 unspecified atom stereocenters. The molecule has 11 atom stereocenters. The second-order valence-corrected chi connectivity index (χ2v) is 25.5. The fourth-order valence-corrected chi connectivity index (χ4v) is 10.5. The Kier molecular flexibility index (Phi) is 30.2. The number of amides is 10. The van der Waals surface area contributed by atoms with Gasteiger partial charge in [-0.25, -0.2) is 9.78 Å². The van der Waals surface area contributed by atoms with Crippen LogP contribution in [0.2, 0.25) is 0 Å². The molecule has 6 aromatic rings. The van der Waals surface area contributed by atoms with Crippen molar-refractivity contribution in [3.63, 3.8) is 0 Å². The van der Waals surface area contributed by atoms with Crippen LogP contribution in [-0.4, -0.2) is 202 Å². The fourth-order valence-electron chi connectivity index (χ4n) is 10.4. The number of nitrogens with one attached hydrogen (secondary N) is 11. The van der Waals surface area contributed by atoms with E-state index in [2.05, 4.69) is 57.8 Å². The number of halogens is 1. The van der Waals surface area contributed by atoms with Gasteiger partial charge in [0.1, 0.15) is 47.8 Å². The molecule has 0 saturated heterocycles. The highest BCUT2D eigenvalue weighted by Gasteiger charge is 2.46. The molecule has 0 radical (unpaired) electrons. The number of aliphatic carboxylic acids is 3. The number of benzene rings is 5. The van der Waals surface area contributed by atoms with Crippen LogP contribution in [0, 0.1) is 0 Å². The first kappa shape index (κ1) is 81.5. The Morgan fingerprint density at radius 2 is 0.962 bits per heavy atom. The number of aliphatic hydroxyl groups is 3. The molecule has 10 amide bonds. The van der Waals surface area contributed by atoms with Gasteiger partial charge in [0.25, 0.3) is 5.91 Å². The lowest BCUT2D eigenvalue weighted by molar-refractivity contribution is -0.143. The summed E-state index contributed by atoms with van der Waals surface area (Å²) < 4.78 is 0. The number of carboxylic acids is 3. The molecule has 5 aromatic carbocycles. The molecule has 6 rings (SSSR count). The topological polar surface area (TPSA) is 518 Å². The Morgan fingerprint density at radius 3 is 1.45 bits per heavy atom. The second kappa shape index (κ2) is 38.5. The summed E-state index contributed by atoms with van der Waals surface area (Å²) >= 11 is 6.72. The van der Waals surface area contributed by atoms with Crippen LogP contribution in [0.1, 0.15) is 69.3 Å². The molecule has 19 N–H and O–H groups in total. The summed E-state index contributed by atoms with van der Waals surface area (Å²) in [5.41, 5.74) is 9.40. The van der Waals surface area contributed by atoms with E-state index in [1.54, 1.807) is 66.7 Å². The number of carbonyl (C=O) groups excluding carboxylic acids is 10. The van der Waals surface area contributed by atoms with Crippen molar-refractivity contribution in [2.45, 2.75) is 144 Å². The average Bonchev–Trinajstić information content (AvgIpc) is 0.913. The Morgan fingerprint density at radius 1 is 0.500 bits per heavy atom. The van der Waals surface area contributed by atoms with Crippen LogP contribution in [0.4, 0.5) is 0 Å². The van der Waals surface area contributed by atoms with Crippen molar-refractivity contribution in [2.24, 2.45) is 5.73 Å². The van der Waals surface area contributed by atoms with Gasteiger partial charge in [-0.05, 0) is 73.1 Å². The SMILES string of the molecule is C[C@@H](O)[C@H](NC(=O)CNC(=O)[C@H](CCC(=O)O)NC(=O)C(C)(C)NC(=O)[C@@H](N)Cc1c[nH]cn1)C(=O)N[C@@H](Cc1ccccc1)C(=O)N[C@](Cl)(C(=O)N[C@@H](CO)C(=O)N[C@@H](CC(=O)O)C(=O)N[C@@H](Cc1ccc(-c2ccccc2)cc1)C(=O)N[C@@H](Cc1ccc(-c2ccccc2)cc1)C(=O)O)[C@@H](C)O. The van der Waals surface area contributed by atoms with E-state index in [9.17, 15) is 93.0 Å². The van der Waals surface area contributed by atoms with Crippen LogP contribution in [0.3, 0.4) is 0 Å². The molecule has 0 aliphatic heterocycles. The molecule has 1 aromatic heterocycles. The molecular weight excluding hydrogens is 1370 g/mol. The van der Waals surface area contributed by atoms with Gasteiger partial charge in [-0.1, -0.05) is 151 Å². The van der Waals surface area contributed by atoms with Gasteiger partial charge < -0.3 is 94.5 Å². The number of imidazole rings is 1. The monoisotopic (exact) mass is 1460 g/mol. The van der Waals surface area contributed by atoms with Crippen LogP contribution in [0.15, 0.2) is 152 Å². The largest absolute Gasteiger partial charge is 0.481 e. The van der Waals surface area contributed by atoms with Crippen LogP contribution in [-0.2, 0) is 88.0 Å². The first-order valence-electron chi connectivity index (χ1n) is 32.7. The summed E-state index contributed by atoms with van der Waals surface area (Å²) in [5, 5.41) is 85.0. The molecule has 0 saturated carbocycles. The summed E-state index contributed by atoms with van der Waals surface area (Å²) in [7, 11) is 0. The van der Waals surface area contributed by atoms with Crippen molar-refractivity contribution in [2.75, 3.05) is 13.2 Å². The number of hydrogen-bond donors (Lipinski definition) is 18. The van der Waals surface area contributed by atoms with Gasteiger partial charge in [-0.2, -0.15) is 0 Å². The standard InChI is InChI=1S/C71H84ClN13O19/c1-39(87)59(83-56(89)36-75-61(95)50(28-29-57(90)91)81-68(103)70(3,4)84-60(94)49(73)33-48-35-74-38-76-48)66(100)79-52(30-41-14-8-5-9-15-41)65(99)85-71(72,40(2)88)69(104)82-55(37-86)64(98)78-53(34-58(92)93)63(97)77-51(31-42-20-24-46(25-21-42)44-16-10-6-11-17-44)62(96)80-54(67(101)102)32-43-22-26-47(27-23-43)45-18-12-7-13-19-45/h5-27,35,38-40,49-55,59,86-88H,28-34,36-37,73H2,1-4H3,(H,74,76)(H,75,95)(H,77,97)(H,78,98)(H,79,100)(H,80,96)(H,81,103)(H,82,104)(H,83,89)(H,84,94)(H,85,99)(H,90,91)(H,92,93)(H,101,102)/t39-,40-,49+,50+,51+,52+,53+,54+,55+,59+,71+/m1/s1. The van der Waals surface area contributed by atoms with Crippen LogP contribution < -0.4 is 58.9 Å². The third kappa shape index (κ3) is 24.7. The maximum absolute atomic E-state index is 14.4. The Balaban J connectivity index is 1.14. The molecule has 0 aliphatic carbocycles. The first-order valence-corrected chi connectivity index (χ1v) is 33.1. The summed E-state index contributed by atoms with van der Waals surface area (Å²) in [6.07, 6.45) is -4.29. The Hall–Kier alpha value is -11.5. The number of H-pyrrole nitrogens is 1. The lowest BCUT2D eigenvalue weighted by Gasteiger charge is -2.33. The Labute approximate surface area is 601 Å². The average molecular weight is 1460 g/mol. The predicted octanol–water partition coefficient (Wildman–Crippen LogP) is -1.02. The molecule has 104 heavy (non-hydrogen) atoms. The van der Waals surface area contributed by atoms with Crippen molar-refractivity contribution >= 4 is 88.6 Å². The van der Waals surface area contributed by atoms with E-state index < -0.39 is 187 Å². The van der Waals surface area contributed by atoms with Gasteiger partial charge in [-0.15, -0.1) is 0 Å². The summed E-state index contributed by atoms with van der Waals surface area (Å²) in [5.74, 6) is -16.4. The number of aliphatic hydroxyl groups excluding tert-OH is 3. The van der Waals surface area contributed by atoms with Crippen LogP contribution in [0.5, 0.6) is 0 Å². The molecule has 0 spiro atoms. The van der Waals surface area contributed by atoms with Gasteiger partial charge in [0.2, 0.25) is 58.2 Å². The van der Waals surface area contributed by atoms with Gasteiger partial charge in [0.05, 0.1) is 49.8 Å². The highest BCUT2D eigenvalue weighted by atomic mass is 35.5. The molecule has 32 nitrogen and oxygen atoms in total. The minimum absolute atomic E-state index is 0.00689. The lowest BCUT2D eigenvalue weighted by Crippen LogP contribution is -2.67. The van der Waals surface area contributed by atoms with Crippen LogP contribution in [0.25, 0.3) is 22.3 Å². The summed E-state index contributed by atoms with van der Waals surface area (Å²) in [4.78, 5) is 179. The summed E-state index contributed by atoms with van der Waals surface area (Å²) in [6, 6.07) is 26.0. The number of nitrogens with zero attached hydrogens (tertiary/aromatic N) is 1. The van der Waals surface area contributed by atoms with E-state index in [1.807, 2.05) is 66.0 Å². The Bertz CT molecular complexity index is 3970. The number of rotatable bonds is 39. The number of aromatic nitrogens is 2. The van der Waals surface area contributed by atoms with Crippen molar-refractivity contribution in [1.29, 1.82) is 0 Å². The van der Waals surface area contributed by atoms with E-state index >= 15 is 0 Å². The predicted molar refractivity (Wildman–Crippen MR) is 374 cm³/mol. The zero-order chi connectivity index (χ0) is 76.4. The minimum Gasteiger partial charge on any atom is -0.481 e. The third-order valence-corrected chi connectivity index (χ3v) is 16.9. The lowest BCUT2D eigenvalue weighted by atomic mass is 9.98. The smallest absolute Gasteiger partial charge is 0.326 e. The normalized spacial score (nSPS) is 14.7. The van der Waals surface area contributed by atoms with E-state index in [0.717, 1.165) is 36.1 Å². The fraction of sp³-hybridized carbons (Fsp3) is 0.352. The maximum atomic E-state index is 14.4.